The highest BCUT2D eigenvalue weighted by Gasteiger charge is 2.21. The minimum absolute atomic E-state index is 0.340. The SMILES string of the molecule is CCC(NC1CCCC1)C(=O)O. The lowest BCUT2D eigenvalue weighted by atomic mass is 10.1. The summed E-state index contributed by atoms with van der Waals surface area (Å²) in [5.41, 5.74) is 0. The van der Waals surface area contributed by atoms with E-state index in [1.807, 2.05) is 6.92 Å². The molecular weight excluding hydrogens is 154 g/mol. The van der Waals surface area contributed by atoms with Gasteiger partial charge in [0.1, 0.15) is 6.04 Å². The minimum Gasteiger partial charge on any atom is -0.480 e. The molecule has 0 radical (unpaired) electrons. The van der Waals surface area contributed by atoms with Crippen LogP contribution < -0.4 is 5.32 Å². The van der Waals surface area contributed by atoms with Gasteiger partial charge >= 0.3 is 5.97 Å². The highest BCUT2D eigenvalue weighted by atomic mass is 16.4. The molecule has 0 spiro atoms. The molecule has 1 fully saturated rings. The van der Waals surface area contributed by atoms with Crippen LogP contribution in [-0.4, -0.2) is 23.2 Å². The first-order valence-corrected chi connectivity index (χ1v) is 4.73. The fourth-order valence-corrected chi connectivity index (χ4v) is 1.74. The largest absolute Gasteiger partial charge is 0.480 e. The summed E-state index contributed by atoms with van der Waals surface area (Å²) in [6.45, 7) is 1.90. The summed E-state index contributed by atoms with van der Waals surface area (Å²) in [4.78, 5) is 10.7. The van der Waals surface area contributed by atoms with E-state index in [1.54, 1.807) is 0 Å². The van der Waals surface area contributed by atoms with Gasteiger partial charge in [-0.05, 0) is 19.3 Å². The maximum atomic E-state index is 10.7. The van der Waals surface area contributed by atoms with Crippen molar-refractivity contribution in [1.82, 2.24) is 5.32 Å². The van der Waals surface area contributed by atoms with E-state index in [4.69, 9.17) is 5.11 Å². The van der Waals surface area contributed by atoms with Gasteiger partial charge in [-0.25, -0.2) is 0 Å². The molecule has 0 aliphatic heterocycles. The monoisotopic (exact) mass is 171 g/mol. The Morgan fingerprint density at radius 1 is 1.58 bits per heavy atom. The molecule has 1 aliphatic rings. The van der Waals surface area contributed by atoms with E-state index in [2.05, 4.69) is 5.32 Å². The Morgan fingerprint density at radius 2 is 2.17 bits per heavy atom. The van der Waals surface area contributed by atoms with E-state index < -0.39 is 5.97 Å². The van der Waals surface area contributed by atoms with Gasteiger partial charge in [-0.15, -0.1) is 0 Å². The van der Waals surface area contributed by atoms with E-state index >= 15 is 0 Å². The summed E-state index contributed by atoms with van der Waals surface area (Å²) in [6, 6.07) is 0.110. The molecule has 0 heterocycles. The van der Waals surface area contributed by atoms with Gasteiger partial charge in [0.15, 0.2) is 0 Å². The van der Waals surface area contributed by atoms with Crippen molar-refractivity contribution in [2.45, 2.75) is 51.1 Å². The summed E-state index contributed by atoms with van der Waals surface area (Å²) < 4.78 is 0. The molecule has 0 aromatic rings. The van der Waals surface area contributed by atoms with Crippen molar-refractivity contribution in [3.05, 3.63) is 0 Å². The van der Waals surface area contributed by atoms with Crippen molar-refractivity contribution in [2.24, 2.45) is 0 Å². The van der Waals surface area contributed by atoms with Crippen LogP contribution in [0.25, 0.3) is 0 Å². The Labute approximate surface area is 73.2 Å². The van der Waals surface area contributed by atoms with Gasteiger partial charge < -0.3 is 10.4 Å². The molecule has 0 bridgehead atoms. The van der Waals surface area contributed by atoms with Crippen molar-refractivity contribution in [3.63, 3.8) is 0 Å². The van der Waals surface area contributed by atoms with E-state index in [-0.39, 0.29) is 6.04 Å². The molecule has 3 nitrogen and oxygen atoms in total. The third-order valence-electron chi connectivity index (χ3n) is 2.50. The van der Waals surface area contributed by atoms with Gasteiger partial charge in [0.2, 0.25) is 0 Å². The topological polar surface area (TPSA) is 49.3 Å². The quantitative estimate of drug-likeness (QED) is 0.672. The lowest BCUT2D eigenvalue weighted by molar-refractivity contribution is -0.139. The number of hydrogen-bond donors (Lipinski definition) is 2. The number of hydrogen-bond acceptors (Lipinski definition) is 2. The lowest BCUT2D eigenvalue weighted by Crippen LogP contribution is -2.41. The van der Waals surface area contributed by atoms with Gasteiger partial charge in [-0.2, -0.15) is 0 Å². The van der Waals surface area contributed by atoms with Crippen LogP contribution in [0, 0.1) is 0 Å². The molecule has 3 heteroatoms. The van der Waals surface area contributed by atoms with Crippen molar-refractivity contribution in [1.29, 1.82) is 0 Å². The Kier molecular flexibility index (Phi) is 3.53. The van der Waals surface area contributed by atoms with Crippen molar-refractivity contribution in [2.75, 3.05) is 0 Å². The molecule has 12 heavy (non-hydrogen) atoms. The van der Waals surface area contributed by atoms with E-state index in [1.165, 1.54) is 12.8 Å². The maximum absolute atomic E-state index is 10.7. The van der Waals surface area contributed by atoms with Crippen LogP contribution in [0.15, 0.2) is 0 Å². The molecule has 1 rings (SSSR count). The van der Waals surface area contributed by atoms with Crippen molar-refractivity contribution < 1.29 is 9.90 Å². The molecule has 70 valence electrons. The Morgan fingerprint density at radius 3 is 2.58 bits per heavy atom. The van der Waals surface area contributed by atoms with Crippen molar-refractivity contribution >= 4 is 5.97 Å². The van der Waals surface area contributed by atoms with Crippen LogP contribution in [0.4, 0.5) is 0 Å². The van der Waals surface area contributed by atoms with Gasteiger partial charge in [0.05, 0.1) is 0 Å². The summed E-state index contributed by atoms with van der Waals surface area (Å²) in [5, 5.41) is 11.9. The number of aliphatic carboxylic acids is 1. The fourth-order valence-electron chi connectivity index (χ4n) is 1.74. The molecule has 0 aromatic heterocycles. The fraction of sp³-hybridized carbons (Fsp3) is 0.889. The first-order valence-electron chi connectivity index (χ1n) is 4.73. The van der Waals surface area contributed by atoms with Crippen LogP contribution in [-0.2, 0) is 4.79 Å². The smallest absolute Gasteiger partial charge is 0.320 e. The van der Waals surface area contributed by atoms with Gasteiger partial charge in [-0.3, -0.25) is 4.79 Å². The van der Waals surface area contributed by atoms with Crippen molar-refractivity contribution in [3.8, 4) is 0 Å². The van der Waals surface area contributed by atoms with E-state index in [9.17, 15) is 4.79 Å². The second-order valence-electron chi connectivity index (χ2n) is 3.45. The first kappa shape index (κ1) is 9.52. The number of carboxylic acid groups (broad SMARTS) is 1. The standard InChI is InChI=1S/C9H17NO2/c1-2-8(9(11)12)10-7-5-3-4-6-7/h7-8,10H,2-6H2,1H3,(H,11,12). The normalized spacial score (nSPS) is 21.1. The third-order valence-corrected chi connectivity index (χ3v) is 2.50. The average molecular weight is 171 g/mol. The molecule has 0 amide bonds. The molecule has 1 saturated carbocycles. The highest BCUT2D eigenvalue weighted by molar-refractivity contribution is 5.73. The van der Waals surface area contributed by atoms with Gasteiger partial charge in [0.25, 0.3) is 0 Å². The summed E-state index contributed by atoms with van der Waals surface area (Å²) in [6.07, 6.45) is 5.45. The molecular formula is C9H17NO2. The molecule has 1 aliphatic carbocycles. The maximum Gasteiger partial charge on any atom is 0.320 e. The number of carboxylic acids is 1. The highest BCUT2D eigenvalue weighted by Crippen LogP contribution is 2.18. The Hall–Kier alpha value is -0.570. The summed E-state index contributed by atoms with van der Waals surface area (Å²) in [5.74, 6) is -0.718. The Balaban J connectivity index is 2.30. The molecule has 1 unspecified atom stereocenters. The van der Waals surface area contributed by atoms with Crippen LogP contribution in [0.1, 0.15) is 39.0 Å². The zero-order valence-corrected chi connectivity index (χ0v) is 7.55. The van der Waals surface area contributed by atoms with Gasteiger partial charge in [-0.1, -0.05) is 19.8 Å². The van der Waals surface area contributed by atoms with Gasteiger partial charge in [0, 0.05) is 6.04 Å². The molecule has 0 aromatic carbocycles. The Bertz CT molecular complexity index is 153. The zero-order valence-electron chi connectivity index (χ0n) is 7.55. The summed E-state index contributed by atoms with van der Waals surface area (Å²) in [7, 11) is 0. The zero-order chi connectivity index (χ0) is 8.97. The summed E-state index contributed by atoms with van der Waals surface area (Å²) >= 11 is 0. The second kappa shape index (κ2) is 4.45. The molecule has 1 atom stereocenters. The number of rotatable bonds is 4. The van der Waals surface area contributed by atoms with Crippen LogP contribution >= 0.6 is 0 Å². The van der Waals surface area contributed by atoms with Crippen LogP contribution in [0.3, 0.4) is 0 Å². The first-order chi connectivity index (χ1) is 5.74. The molecule has 2 N–H and O–H groups in total. The predicted molar refractivity (Wildman–Crippen MR) is 47.1 cm³/mol. The lowest BCUT2D eigenvalue weighted by Gasteiger charge is -2.17. The van der Waals surface area contributed by atoms with Crippen LogP contribution in [0.5, 0.6) is 0 Å². The van der Waals surface area contributed by atoms with Crippen LogP contribution in [0.2, 0.25) is 0 Å². The third kappa shape index (κ3) is 2.48. The van der Waals surface area contributed by atoms with E-state index in [0.29, 0.717) is 12.5 Å². The van der Waals surface area contributed by atoms with E-state index in [0.717, 1.165) is 12.8 Å². The number of carbonyl (C=O) groups is 1. The predicted octanol–water partition coefficient (Wildman–Crippen LogP) is 1.38. The second-order valence-corrected chi connectivity index (χ2v) is 3.45. The number of nitrogens with one attached hydrogen (secondary N) is 1. The average Bonchev–Trinajstić information content (AvgIpc) is 2.51. The minimum atomic E-state index is -0.718. The molecule has 0 saturated heterocycles.